The summed E-state index contributed by atoms with van der Waals surface area (Å²) >= 11 is 0. The van der Waals surface area contributed by atoms with Gasteiger partial charge in [0.1, 0.15) is 0 Å². The molecule has 0 aromatic heterocycles. The molecule has 5 heteroatoms. The molecule has 2 atom stereocenters. The van der Waals surface area contributed by atoms with E-state index < -0.39 is 0 Å². The zero-order chi connectivity index (χ0) is 18.5. The summed E-state index contributed by atoms with van der Waals surface area (Å²) in [6, 6.07) is 16.6. The predicted molar refractivity (Wildman–Crippen MR) is 104 cm³/mol. The van der Waals surface area contributed by atoms with Gasteiger partial charge in [0.2, 0.25) is 5.91 Å². The third kappa shape index (κ3) is 4.29. The summed E-state index contributed by atoms with van der Waals surface area (Å²) in [5.74, 6) is 0.0857. The first-order valence-electron chi connectivity index (χ1n) is 9.03. The minimum Gasteiger partial charge on any atom is -0.327 e. The van der Waals surface area contributed by atoms with E-state index in [1.54, 1.807) is 36.2 Å². The monoisotopic (exact) mass is 351 g/mol. The molecule has 0 spiro atoms. The summed E-state index contributed by atoms with van der Waals surface area (Å²) in [5, 5.41) is 2.90. The van der Waals surface area contributed by atoms with Crippen molar-refractivity contribution in [3.05, 3.63) is 60.2 Å². The molecule has 0 unspecified atom stereocenters. The molecule has 1 aliphatic rings. The molecule has 0 aliphatic heterocycles. The number of benzene rings is 2. The van der Waals surface area contributed by atoms with Gasteiger partial charge in [-0.2, -0.15) is 0 Å². The molecule has 0 radical (unpaired) electrons. The quantitative estimate of drug-likeness (QED) is 0.867. The number of nitrogens with zero attached hydrogens (tertiary/aromatic N) is 1. The van der Waals surface area contributed by atoms with Crippen LogP contribution in [0.5, 0.6) is 0 Å². The number of nitrogens with one attached hydrogen (secondary N) is 1. The second-order valence-corrected chi connectivity index (χ2v) is 6.89. The maximum Gasteiger partial charge on any atom is 0.258 e. The van der Waals surface area contributed by atoms with Crippen LogP contribution in [0.4, 0.5) is 11.4 Å². The first-order valence-corrected chi connectivity index (χ1v) is 9.03. The van der Waals surface area contributed by atoms with Crippen LogP contribution < -0.4 is 16.0 Å². The van der Waals surface area contributed by atoms with E-state index in [1.165, 1.54) is 0 Å². The van der Waals surface area contributed by atoms with Gasteiger partial charge in [-0.3, -0.25) is 9.59 Å². The smallest absolute Gasteiger partial charge is 0.258 e. The van der Waals surface area contributed by atoms with Gasteiger partial charge in [0.25, 0.3) is 5.91 Å². The predicted octanol–water partition coefficient (Wildman–Crippen LogP) is 3.42. The largest absolute Gasteiger partial charge is 0.327 e. The van der Waals surface area contributed by atoms with E-state index in [4.69, 9.17) is 5.73 Å². The van der Waals surface area contributed by atoms with Gasteiger partial charge in [0.05, 0.1) is 0 Å². The number of rotatable bonds is 5. The Labute approximate surface area is 154 Å². The van der Waals surface area contributed by atoms with Crippen molar-refractivity contribution >= 4 is 23.2 Å². The van der Waals surface area contributed by atoms with Crippen LogP contribution in [0.3, 0.4) is 0 Å². The van der Waals surface area contributed by atoms with Gasteiger partial charge in [-0.25, -0.2) is 0 Å². The Bertz CT molecular complexity index is 776. The Hall–Kier alpha value is -2.66. The van der Waals surface area contributed by atoms with Crippen molar-refractivity contribution in [2.24, 2.45) is 11.7 Å². The molecule has 3 rings (SSSR count). The number of nitrogens with two attached hydrogens (primary N) is 1. The van der Waals surface area contributed by atoms with Gasteiger partial charge < -0.3 is 16.0 Å². The topological polar surface area (TPSA) is 75.4 Å². The average Bonchev–Trinajstić information content (AvgIpc) is 3.06. The van der Waals surface area contributed by atoms with Crippen LogP contribution in [-0.2, 0) is 4.79 Å². The van der Waals surface area contributed by atoms with Gasteiger partial charge >= 0.3 is 0 Å². The standard InChI is InChI=1S/C21H25N3O2/c1-24(18-10-3-2-4-11-18)21(26)16-8-5-9-17(13-16)23-20(25)14-15-7-6-12-19(15)22/h2-5,8-11,13,15,19H,6-7,12,14,22H2,1H3,(H,23,25)/t15-,19+/m0/s1. The van der Waals surface area contributed by atoms with Crippen molar-refractivity contribution in [1.82, 2.24) is 0 Å². The van der Waals surface area contributed by atoms with Crippen molar-refractivity contribution in [3.63, 3.8) is 0 Å². The Morgan fingerprint density at radius 1 is 1.12 bits per heavy atom. The fraction of sp³-hybridized carbons (Fsp3) is 0.333. The number of hydrogen-bond acceptors (Lipinski definition) is 3. The van der Waals surface area contributed by atoms with E-state index in [9.17, 15) is 9.59 Å². The normalized spacial score (nSPS) is 19.2. The van der Waals surface area contributed by atoms with Crippen LogP contribution in [0.1, 0.15) is 36.0 Å². The molecule has 5 nitrogen and oxygen atoms in total. The second-order valence-electron chi connectivity index (χ2n) is 6.89. The molecule has 2 amide bonds. The van der Waals surface area contributed by atoms with Crippen LogP contribution in [0, 0.1) is 5.92 Å². The van der Waals surface area contributed by atoms with Crippen molar-refractivity contribution in [1.29, 1.82) is 0 Å². The highest BCUT2D eigenvalue weighted by atomic mass is 16.2. The highest BCUT2D eigenvalue weighted by Crippen LogP contribution is 2.27. The Morgan fingerprint density at radius 3 is 2.58 bits per heavy atom. The fourth-order valence-electron chi connectivity index (χ4n) is 3.46. The van der Waals surface area contributed by atoms with Gasteiger partial charge in [-0.1, -0.05) is 30.7 Å². The molecule has 2 aromatic carbocycles. The molecule has 3 N–H and O–H groups in total. The maximum atomic E-state index is 12.7. The van der Waals surface area contributed by atoms with Gasteiger partial charge in [-0.05, 0) is 49.1 Å². The fourth-order valence-corrected chi connectivity index (χ4v) is 3.46. The first kappa shape index (κ1) is 18.1. The summed E-state index contributed by atoms with van der Waals surface area (Å²) in [7, 11) is 1.74. The van der Waals surface area contributed by atoms with Crippen LogP contribution in [0.25, 0.3) is 0 Å². The molecular weight excluding hydrogens is 326 g/mol. The highest BCUT2D eigenvalue weighted by Gasteiger charge is 2.26. The summed E-state index contributed by atoms with van der Waals surface area (Å²) in [6.07, 6.45) is 3.53. The number of carbonyl (C=O) groups excluding carboxylic acids is 2. The zero-order valence-corrected chi connectivity index (χ0v) is 15.0. The number of hydrogen-bond donors (Lipinski definition) is 2. The van der Waals surface area contributed by atoms with Crippen molar-refractivity contribution < 1.29 is 9.59 Å². The van der Waals surface area contributed by atoms with E-state index in [1.807, 2.05) is 30.3 Å². The van der Waals surface area contributed by atoms with Gasteiger partial charge in [-0.15, -0.1) is 0 Å². The number of carbonyl (C=O) groups is 2. The minimum absolute atomic E-state index is 0.0478. The molecule has 0 heterocycles. The lowest BCUT2D eigenvalue weighted by Gasteiger charge is -2.18. The SMILES string of the molecule is CN(C(=O)c1cccc(NC(=O)C[C@@H]2CCC[C@H]2N)c1)c1ccccc1. The van der Waals surface area contributed by atoms with Crippen molar-refractivity contribution in [2.75, 3.05) is 17.3 Å². The van der Waals surface area contributed by atoms with Crippen molar-refractivity contribution in [2.45, 2.75) is 31.7 Å². The molecule has 136 valence electrons. The highest BCUT2D eigenvalue weighted by molar-refractivity contribution is 6.06. The second kappa shape index (κ2) is 8.15. The summed E-state index contributed by atoms with van der Waals surface area (Å²) in [4.78, 5) is 26.6. The number of anilines is 2. The third-order valence-corrected chi connectivity index (χ3v) is 5.01. The summed E-state index contributed by atoms with van der Waals surface area (Å²) in [6.45, 7) is 0. The van der Waals surface area contributed by atoms with E-state index in [0.29, 0.717) is 17.7 Å². The lowest BCUT2D eigenvalue weighted by atomic mass is 10.00. The Morgan fingerprint density at radius 2 is 1.88 bits per heavy atom. The van der Waals surface area contributed by atoms with E-state index >= 15 is 0 Å². The zero-order valence-electron chi connectivity index (χ0n) is 15.0. The number of para-hydroxylation sites is 1. The maximum absolute atomic E-state index is 12.7. The van der Waals surface area contributed by atoms with Crippen LogP contribution in [-0.4, -0.2) is 24.9 Å². The van der Waals surface area contributed by atoms with E-state index in [-0.39, 0.29) is 23.8 Å². The third-order valence-electron chi connectivity index (χ3n) is 5.01. The molecule has 0 bridgehead atoms. The average molecular weight is 351 g/mol. The molecule has 1 saturated carbocycles. The Kier molecular flexibility index (Phi) is 5.68. The molecule has 26 heavy (non-hydrogen) atoms. The van der Waals surface area contributed by atoms with Crippen LogP contribution in [0.2, 0.25) is 0 Å². The summed E-state index contributed by atoms with van der Waals surface area (Å²) in [5.41, 5.74) is 8.03. The Balaban J connectivity index is 1.66. The van der Waals surface area contributed by atoms with Crippen LogP contribution >= 0.6 is 0 Å². The minimum atomic E-state index is -0.120. The lowest BCUT2D eigenvalue weighted by Crippen LogP contribution is -2.28. The number of amides is 2. The molecule has 2 aromatic rings. The molecule has 1 aliphatic carbocycles. The van der Waals surface area contributed by atoms with E-state index in [2.05, 4.69) is 5.32 Å². The molecule has 0 saturated heterocycles. The van der Waals surface area contributed by atoms with Gasteiger partial charge in [0, 0.05) is 36.4 Å². The lowest BCUT2D eigenvalue weighted by molar-refractivity contribution is -0.117. The van der Waals surface area contributed by atoms with Gasteiger partial charge in [0.15, 0.2) is 0 Å². The van der Waals surface area contributed by atoms with Crippen LogP contribution in [0.15, 0.2) is 54.6 Å². The first-order chi connectivity index (χ1) is 12.5. The molecule has 1 fully saturated rings. The molecular formula is C21H25N3O2. The van der Waals surface area contributed by atoms with Crippen molar-refractivity contribution in [3.8, 4) is 0 Å². The van der Waals surface area contributed by atoms with E-state index in [0.717, 1.165) is 24.9 Å². The summed E-state index contributed by atoms with van der Waals surface area (Å²) < 4.78 is 0.